The topological polar surface area (TPSA) is 60.9 Å². The molecular weight excluding hydrogens is 238 g/mol. The minimum Gasteiger partial charge on any atom is -0.321 e. The second-order valence-corrected chi connectivity index (χ2v) is 5.06. The second-order valence-electron chi connectivity index (χ2n) is 4.65. The van der Waals surface area contributed by atoms with Gasteiger partial charge in [-0.25, -0.2) is 0 Å². The maximum absolute atomic E-state index is 12.3. The molecule has 2 N–H and O–H groups in total. The summed E-state index contributed by atoms with van der Waals surface area (Å²) < 4.78 is 1.63. The van der Waals surface area contributed by atoms with Gasteiger partial charge in [-0.1, -0.05) is 31.9 Å². The smallest absolute Gasteiger partial charge is 0.199 e. The van der Waals surface area contributed by atoms with Crippen molar-refractivity contribution < 1.29 is 4.79 Å². The molecule has 1 aromatic rings. The Bertz CT molecular complexity index is 400. The van der Waals surface area contributed by atoms with Crippen molar-refractivity contribution in [1.82, 2.24) is 9.78 Å². The van der Waals surface area contributed by atoms with Gasteiger partial charge in [-0.05, 0) is 19.8 Å². The fourth-order valence-corrected chi connectivity index (χ4v) is 1.86. The van der Waals surface area contributed by atoms with E-state index in [2.05, 4.69) is 5.10 Å². The van der Waals surface area contributed by atoms with E-state index in [4.69, 9.17) is 17.3 Å². The number of aromatic nitrogens is 2. The first-order valence-corrected chi connectivity index (χ1v) is 6.30. The molecule has 17 heavy (non-hydrogen) atoms. The predicted octanol–water partition coefficient (Wildman–Crippen LogP) is 2.67. The Kier molecular flexibility index (Phi) is 4.71. The van der Waals surface area contributed by atoms with Crippen LogP contribution in [0.15, 0.2) is 6.20 Å². The van der Waals surface area contributed by atoms with E-state index in [0.29, 0.717) is 10.7 Å². The third-order valence-electron chi connectivity index (χ3n) is 3.03. The molecule has 96 valence electrons. The van der Waals surface area contributed by atoms with Crippen LogP contribution in [0, 0.1) is 5.92 Å². The van der Waals surface area contributed by atoms with E-state index in [1.807, 2.05) is 27.7 Å². The number of rotatable bonds is 5. The zero-order valence-corrected chi connectivity index (χ0v) is 11.5. The fraction of sp³-hybridized carbons (Fsp3) is 0.667. The lowest BCUT2D eigenvalue weighted by Crippen LogP contribution is -2.38. The van der Waals surface area contributed by atoms with Crippen molar-refractivity contribution in [2.75, 3.05) is 0 Å². The minimum atomic E-state index is -0.522. The van der Waals surface area contributed by atoms with Crippen molar-refractivity contribution in [2.24, 2.45) is 11.7 Å². The molecule has 0 saturated heterocycles. The standard InChI is InChI=1S/C12H20ClN3O/c1-5-8(4)10(14)12(17)11-9(13)6-15-16(11)7(2)3/h6-8,10H,5,14H2,1-4H3. The molecule has 0 amide bonds. The van der Waals surface area contributed by atoms with Crippen LogP contribution >= 0.6 is 11.6 Å². The van der Waals surface area contributed by atoms with Gasteiger partial charge < -0.3 is 5.73 Å². The molecule has 1 rings (SSSR count). The summed E-state index contributed by atoms with van der Waals surface area (Å²) in [5.41, 5.74) is 6.38. The van der Waals surface area contributed by atoms with Gasteiger partial charge in [0.2, 0.25) is 0 Å². The van der Waals surface area contributed by atoms with Crippen LogP contribution in [0.25, 0.3) is 0 Å². The van der Waals surface area contributed by atoms with Gasteiger partial charge in [0.1, 0.15) is 5.69 Å². The first-order chi connectivity index (χ1) is 7.90. The van der Waals surface area contributed by atoms with E-state index in [9.17, 15) is 4.79 Å². The maximum Gasteiger partial charge on any atom is 0.199 e. The molecule has 4 nitrogen and oxygen atoms in total. The van der Waals surface area contributed by atoms with Crippen molar-refractivity contribution in [3.05, 3.63) is 16.9 Å². The van der Waals surface area contributed by atoms with Gasteiger partial charge in [-0.15, -0.1) is 0 Å². The van der Waals surface area contributed by atoms with Gasteiger partial charge in [0.15, 0.2) is 5.78 Å². The highest BCUT2D eigenvalue weighted by Gasteiger charge is 2.27. The van der Waals surface area contributed by atoms with E-state index < -0.39 is 6.04 Å². The van der Waals surface area contributed by atoms with Gasteiger partial charge in [0, 0.05) is 6.04 Å². The Morgan fingerprint density at radius 3 is 2.59 bits per heavy atom. The lowest BCUT2D eigenvalue weighted by molar-refractivity contribution is 0.0922. The Hall–Kier alpha value is -0.870. The summed E-state index contributed by atoms with van der Waals surface area (Å²) in [4.78, 5) is 12.3. The molecule has 0 aromatic carbocycles. The van der Waals surface area contributed by atoms with Gasteiger partial charge in [-0.2, -0.15) is 5.10 Å². The van der Waals surface area contributed by atoms with Crippen LogP contribution in [-0.4, -0.2) is 21.6 Å². The van der Waals surface area contributed by atoms with E-state index in [0.717, 1.165) is 6.42 Å². The summed E-state index contributed by atoms with van der Waals surface area (Å²) in [7, 11) is 0. The van der Waals surface area contributed by atoms with E-state index in [1.165, 1.54) is 6.20 Å². The molecule has 0 saturated carbocycles. The average Bonchev–Trinajstić information content (AvgIpc) is 2.68. The van der Waals surface area contributed by atoms with Crippen molar-refractivity contribution >= 4 is 17.4 Å². The Labute approximate surface area is 107 Å². The number of Topliss-reactive ketones (excluding diaryl/α,β-unsaturated/α-hetero) is 1. The van der Waals surface area contributed by atoms with Gasteiger partial charge >= 0.3 is 0 Å². The molecule has 5 heteroatoms. The van der Waals surface area contributed by atoms with E-state index >= 15 is 0 Å². The molecular formula is C12H20ClN3O. The van der Waals surface area contributed by atoms with Gasteiger partial charge in [-0.3, -0.25) is 9.48 Å². The molecule has 0 aliphatic rings. The fourth-order valence-electron chi connectivity index (χ4n) is 1.63. The number of hydrogen-bond acceptors (Lipinski definition) is 3. The maximum atomic E-state index is 12.3. The molecule has 1 heterocycles. The minimum absolute atomic E-state index is 0.0885. The quantitative estimate of drug-likeness (QED) is 0.825. The third-order valence-corrected chi connectivity index (χ3v) is 3.31. The van der Waals surface area contributed by atoms with Crippen LogP contribution < -0.4 is 5.73 Å². The molecule has 0 aliphatic carbocycles. The van der Waals surface area contributed by atoms with Crippen LogP contribution in [0.1, 0.15) is 50.6 Å². The molecule has 0 fully saturated rings. The lowest BCUT2D eigenvalue weighted by atomic mass is 9.95. The molecule has 0 spiro atoms. The molecule has 0 aliphatic heterocycles. The zero-order valence-electron chi connectivity index (χ0n) is 10.8. The second kappa shape index (κ2) is 5.65. The highest BCUT2D eigenvalue weighted by molar-refractivity contribution is 6.33. The lowest BCUT2D eigenvalue weighted by Gasteiger charge is -2.18. The average molecular weight is 258 g/mol. The van der Waals surface area contributed by atoms with Crippen LogP contribution in [-0.2, 0) is 0 Å². The first kappa shape index (κ1) is 14.2. The zero-order chi connectivity index (χ0) is 13.2. The predicted molar refractivity (Wildman–Crippen MR) is 69.4 cm³/mol. The van der Waals surface area contributed by atoms with Gasteiger partial charge in [0.25, 0.3) is 0 Å². The summed E-state index contributed by atoms with van der Waals surface area (Å²) in [6.07, 6.45) is 2.36. The number of nitrogens with zero attached hydrogens (tertiary/aromatic N) is 2. The van der Waals surface area contributed by atoms with Crippen LogP contribution in [0.4, 0.5) is 0 Å². The number of carbonyl (C=O) groups is 1. The molecule has 2 atom stereocenters. The summed E-state index contributed by atoms with van der Waals surface area (Å²) >= 11 is 6.02. The van der Waals surface area contributed by atoms with Gasteiger partial charge in [0.05, 0.1) is 17.3 Å². The number of carbonyl (C=O) groups excluding carboxylic acids is 1. The summed E-state index contributed by atoms with van der Waals surface area (Å²) in [6.45, 7) is 7.88. The molecule has 2 unspecified atom stereocenters. The highest BCUT2D eigenvalue weighted by atomic mass is 35.5. The largest absolute Gasteiger partial charge is 0.321 e. The number of hydrogen-bond donors (Lipinski definition) is 1. The Morgan fingerprint density at radius 1 is 1.53 bits per heavy atom. The van der Waals surface area contributed by atoms with Crippen molar-refractivity contribution in [1.29, 1.82) is 0 Å². The van der Waals surface area contributed by atoms with E-state index in [-0.39, 0.29) is 17.7 Å². The van der Waals surface area contributed by atoms with Crippen molar-refractivity contribution in [3.63, 3.8) is 0 Å². The number of halogens is 1. The molecule has 0 bridgehead atoms. The van der Waals surface area contributed by atoms with Crippen LogP contribution in [0.5, 0.6) is 0 Å². The van der Waals surface area contributed by atoms with Crippen molar-refractivity contribution in [2.45, 2.75) is 46.2 Å². The SMILES string of the molecule is CCC(C)C(N)C(=O)c1c(Cl)cnn1C(C)C. The Morgan fingerprint density at radius 2 is 2.12 bits per heavy atom. The number of nitrogens with two attached hydrogens (primary N) is 1. The normalized spacial score (nSPS) is 15.0. The van der Waals surface area contributed by atoms with E-state index in [1.54, 1.807) is 4.68 Å². The molecule has 0 radical (unpaired) electrons. The number of ketones is 1. The van der Waals surface area contributed by atoms with Crippen LogP contribution in [0.2, 0.25) is 5.02 Å². The summed E-state index contributed by atoms with van der Waals surface area (Å²) in [5, 5.41) is 4.49. The van der Waals surface area contributed by atoms with Crippen molar-refractivity contribution in [3.8, 4) is 0 Å². The van der Waals surface area contributed by atoms with Crippen LogP contribution in [0.3, 0.4) is 0 Å². The molecule has 1 aromatic heterocycles. The monoisotopic (exact) mass is 257 g/mol. The first-order valence-electron chi connectivity index (χ1n) is 5.92. The third kappa shape index (κ3) is 2.87. The summed E-state index contributed by atoms with van der Waals surface area (Å²) in [6, 6.07) is -0.433. The Balaban J connectivity index is 3.07. The highest BCUT2D eigenvalue weighted by Crippen LogP contribution is 2.22. The summed E-state index contributed by atoms with van der Waals surface area (Å²) in [5.74, 6) is 0.00429.